The minimum absolute atomic E-state index is 0.219. The Hall–Kier alpha value is -0.660. The van der Waals surface area contributed by atoms with Crippen LogP contribution >= 0.6 is 0 Å². The van der Waals surface area contributed by atoms with Gasteiger partial charge >= 0.3 is 5.97 Å². The van der Waals surface area contributed by atoms with Crippen LogP contribution in [0.4, 0.5) is 0 Å². The van der Waals surface area contributed by atoms with E-state index in [2.05, 4.69) is 0 Å². The number of aliphatic carboxylic acids is 1. The highest BCUT2D eigenvalue weighted by atomic mass is 32.2. The summed E-state index contributed by atoms with van der Waals surface area (Å²) in [6.07, 6.45) is -1.26. The van der Waals surface area contributed by atoms with E-state index in [9.17, 15) is 13.2 Å². The van der Waals surface area contributed by atoms with Crippen molar-refractivity contribution in [3.05, 3.63) is 0 Å². The quantitative estimate of drug-likeness (QED) is 0.527. The van der Waals surface area contributed by atoms with E-state index in [1.165, 1.54) is 13.8 Å². The molecule has 0 aliphatic rings. The van der Waals surface area contributed by atoms with E-state index >= 15 is 0 Å². The van der Waals surface area contributed by atoms with Gasteiger partial charge in [0.1, 0.15) is 6.04 Å². The maximum Gasteiger partial charge on any atom is 0.324 e. The lowest BCUT2D eigenvalue weighted by Crippen LogP contribution is -2.47. The van der Waals surface area contributed by atoms with Crippen molar-refractivity contribution in [2.45, 2.75) is 26.0 Å². The van der Waals surface area contributed by atoms with Gasteiger partial charge in [0, 0.05) is 0 Å². The molecule has 0 heterocycles. The Morgan fingerprint density at radius 3 is 2.23 bits per heavy atom. The van der Waals surface area contributed by atoms with Gasteiger partial charge in [0.15, 0.2) is 0 Å². The van der Waals surface area contributed by atoms with Gasteiger partial charge in [0.2, 0.25) is 10.0 Å². The van der Waals surface area contributed by atoms with E-state index in [1.807, 2.05) is 4.72 Å². The molecule has 0 radical (unpaired) electrons. The molecule has 0 aromatic rings. The molecule has 0 aromatic carbocycles. The fourth-order valence-corrected chi connectivity index (χ4v) is 1.48. The van der Waals surface area contributed by atoms with Crippen LogP contribution < -0.4 is 4.72 Å². The van der Waals surface area contributed by atoms with E-state index in [0.29, 0.717) is 0 Å². The van der Waals surface area contributed by atoms with Gasteiger partial charge in [-0.05, 0) is 13.8 Å². The summed E-state index contributed by atoms with van der Waals surface area (Å²) in [5, 5.41) is 17.4. The summed E-state index contributed by atoms with van der Waals surface area (Å²) in [4.78, 5) is 10.4. The van der Waals surface area contributed by atoms with Crippen molar-refractivity contribution in [2.75, 3.05) is 5.75 Å². The molecule has 78 valence electrons. The Morgan fingerprint density at radius 2 is 2.00 bits per heavy atom. The second-order valence-corrected chi connectivity index (χ2v) is 4.62. The van der Waals surface area contributed by atoms with Crippen molar-refractivity contribution < 1.29 is 23.4 Å². The molecule has 7 heteroatoms. The fourth-order valence-electron chi connectivity index (χ4n) is 0.632. The Bertz CT molecular complexity index is 271. The molecule has 0 aliphatic carbocycles. The first-order valence-electron chi connectivity index (χ1n) is 3.71. The molecule has 0 unspecified atom stereocenters. The van der Waals surface area contributed by atoms with Gasteiger partial charge in [0.05, 0.1) is 11.9 Å². The Balaban J connectivity index is 4.54. The van der Waals surface area contributed by atoms with Gasteiger partial charge in [-0.1, -0.05) is 0 Å². The molecule has 0 amide bonds. The first kappa shape index (κ1) is 12.3. The van der Waals surface area contributed by atoms with E-state index in [4.69, 9.17) is 10.2 Å². The van der Waals surface area contributed by atoms with Crippen LogP contribution in [-0.2, 0) is 14.8 Å². The fraction of sp³-hybridized carbons (Fsp3) is 0.833. The van der Waals surface area contributed by atoms with Crippen molar-refractivity contribution in [2.24, 2.45) is 0 Å². The van der Waals surface area contributed by atoms with Crippen LogP contribution in [0.5, 0.6) is 0 Å². The van der Waals surface area contributed by atoms with E-state index < -0.39 is 28.1 Å². The number of carbonyl (C=O) groups is 1. The molecule has 0 spiro atoms. The molecule has 6 nitrogen and oxygen atoms in total. The van der Waals surface area contributed by atoms with Crippen molar-refractivity contribution in [3.8, 4) is 0 Å². The number of nitrogens with one attached hydrogen (secondary N) is 1. The summed E-state index contributed by atoms with van der Waals surface area (Å²) in [6, 6.07) is -1.48. The topological polar surface area (TPSA) is 104 Å². The molecule has 0 aromatic heterocycles. The second kappa shape index (κ2) is 4.54. The molecule has 0 aliphatic heterocycles. The highest BCUT2D eigenvalue weighted by molar-refractivity contribution is 7.89. The Kier molecular flexibility index (Phi) is 4.31. The first-order valence-corrected chi connectivity index (χ1v) is 5.36. The lowest BCUT2D eigenvalue weighted by Gasteiger charge is -2.16. The Labute approximate surface area is 76.6 Å². The van der Waals surface area contributed by atoms with Crippen molar-refractivity contribution >= 4 is 16.0 Å². The largest absolute Gasteiger partial charge is 0.480 e. The van der Waals surface area contributed by atoms with Crippen molar-refractivity contribution in [1.82, 2.24) is 4.72 Å². The first-order chi connectivity index (χ1) is 5.80. The number of sulfonamides is 1. The number of carboxylic acid groups (broad SMARTS) is 1. The molecule has 0 saturated heterocycles. The van der Waals surface area contributed by atoms with Crippen LogP contribution in [0, 0.1) is 0 Å². The maximum atomic E-state index is 10.9. The number of hydrogen-bond donors (Lipinski definition) is 3. The number of hydrogen-bond acceptors (Lipinski definition) is 4. The van der Waals surface area contributed by atoms with Gasteiger partial charge in [0.25, 0.3) is 0 Å². The smallest absolute Gasteiger partial charge is 0.324 e. The van der Waals surface area contributed by atoms with Gasteiger partial charge in [-0.3, -0.25) is 4.79 Å². The molecule has 2 atom stereocenters. The molecule has 3 N–H and O–H groups in total. The monoisotopic (exact) mass is 211 g/mol. The van der Waals surface area contributed by atoms with Gasteiger partial charge in [-0.15, -0.1) is 0 Å². The van der Waals surface area contributed by atoms with Crippen molar-refractivity contribution in [1.29, 1.82) is 0 Å². The predicted octanol–water partition coefficient (Wildman–Crippen LogP) is -1.24. The standard InChI is InChI=1S/C6H13NO5S/c1-3-13(11,12)7-5(4(2)8)6(9)10/h4-5,7-8H,3H2,1-2H3,(H,9,10)/t4-,5+/m1/s1. The van der Waals surface area contributed by atoms with Crippen LogP contribution in [0.2, 0.25) is 0 Å². The van der Waals surface area contributed by atoms with Crippen LogP contribution in [0.3, 0.4) is 0 Å². The van der Waals surface area contributed by atoms with E-state index in [1.54, 1.807) is 0 Å². The molecular weight excluding hydrogens is 198 g/mol. The highest BCUT2D eigenvalue weighted by Gasteiger charge is 2.27. The normalized spacial score (nSPS) is 16.5. The number of aliphatic hydroxyl groups excluding tert-OH is 1. The molecular formula is C6H13NO5S. The summed E-state index contributed by atoms with van der Waals surface area (Å²) >= 11 is 0. The second-order valence-electron chi connectivity index (χ2n) is 2.58. The van der Waals surface area contributed by atoms with Crippen LogP contribution in [0.15, 0.2) is 0 Å². The number of carboxylic acids is 1. The minimum atomic E-state index is -3.60. The summed E-state index contributed by atoms with van der Waals surface area (Å²) in [5.41, 5.74) is 0. The third kappa shape index (κ3) is 4.20. The average molecular weight is 211 g/mol. The summed E-state index contributed by atoms with van der Waals surface area (Å²) in [5.74, 6) is -1.62. The SMILES string of the molecule is CCS(=O)(=O)N[C@H](C(=O)O)[C@@H](C)O. The number of rotatable bonds is 5. The molecule has 0 saturated carbocycles. The average Bonchev–Trinajstić information content (AvgIpc) is 1.99. The summed E-state index contributed by atoms with van der Waals surface area (Å²) in [7, 11) is -3.60. The molecule has 0 rings (SSSR count). The van der Waals surface area contributed by atoms with Crippen LogP contribution in [0.1, 0.15) is 13.8 Å². The molecule has 0 bridgehead atoms. The van der Waals surface area contributed by atoms with E-state index in [-0.39, 0.29) is 5.75 Å². The third-order valence-corrected chi connectivity index (χ3v) is 2.81. The van der Waals surface area contributed by atoms with Gasteiger partial charge in [-0.25, -0.2) is 8.42 Å². The number of aliphatic hydroxyl groups is 1. The van der Waals surface area contributed by atoms with Crippen LogP contribution in [0.25, 0.3) is 0 Å². The van der Waals surface area contributed by atoms with E-state index in [0.717, 1.165) is 0 Å². The minimum Gasteiger partial charge on any atom is -0.480 e. The lowest BCUT2D eigenvalue weighted by molar-refractivity contribution is -0.141. The maximum absolute atomic E-state index is 10.9. The van der Waals surface area contributed by atoms with Crippen molar-refractivity contribution in [3.63, 3.8) is 0 Å². The molecule has 0 fully saturated rings. The van der Waals surface area contributed by atoms with Gasteiger partial charge in [-0.2, -0.15) is 4.72 Å². The zero-order valence-electron chi connectivity index (χ0n) is 7.39. The lowest BCUT2D eigenvalue weighted by atomic mass is 10.2. The summed E-state index contributed by atoms with van der Waals surface area (Å²) in [6.45, 7) is 2.58. The van der Waals surface area contributed by atoms with Crippen LogP contribution in [-0.4, -0.2) is 42.5 Å². The molecule has 13 heavy (non-hydrogen) atoms. The third-order valence-electron chi connectivity index (χ3n) is 1.44. The zero-order chi connectivity index (χ0) is 10.6. The summed E-state index contributed by atoms with van der Waals surface area (Å²) < 4.78 is 23.7. The Morgan fingerprint density at radius 1 is 1.54 bits per heavy atom. The van der Waals surface area contributed by atoms with Gasteiger partial charge < -0.3 is 10.2 Å². The highest BCUT2D eigenvalue weighted by Crippen LogP contribution is 1.96. The predicted molar refractivity (Wildman–Crippen MR) is 45.7 cm³/mol. The zero-order valence-corrected chi connectivity index (χ0v) is 8.21.